The van der Waals surface area contributed by atoms with Crippen LogP contribution in [0.3, 0.4) is 0 Å². The van der Waals surface area contributed by atoms with Crippen LogP contribution in [-0.2, 0) is 6.54 Å². The van der Waals surface area contributed by atoms with E-state index in [1.165, 1.54) is 31.4 Å². The summed E-state index contributed by atoms with van der Waals surface area (Å²) in [6.07, 6.45) is 5.19. The lowest BCUT2D eigenvalue weighted by Crippen LogP contribution is -2.25. The molecule has 23 heavy (non-hydrogen) atoms. The molecule has 0 aliphatic carbocycles. The fraction of sp³-hybridized carbons (Fsp3) is 0.350. The molecule has 2 aromatic carbocycles. The summed E-state index contributed by atoms with van der Waals surface area (Å²) in [6, 6.07) is 18.0. The van der Waals surface area contributed by atoms with Gasteiger partial charge in [-0.25, -0.2) is 0 Å². The fourth-order valence-electron chi connectivity index (χ4n) is 3.03. The lowest BCUT2D eigenvalue weighted by Gasteiger charge is -2.22. The molecular formula is C20H24N2O. The number of hydrogen-bond acceptors (Lipinski definition) is 2. The predicted molar refractivity (Wildman–Crippen MR) is 94.7 cm³/mol. The van der Waals surface area contributed by atoms with Gasteiger partial charge in [-0.15, -0.1) is 0 Å². The van der Waals surface area contributed by atoms with Crippen LogP contribution in [0.2, 0.25) is 0 Å². The number of carbonyl (C=O) groups excluding carboxylic acids is 1. The maximum atomic E-state index is 12.2. The van der Waals surface area contributed by atoms with E-state index in [-0.39, 0.29) is 5.91 Å². The molecule has 0 unspecified atom stereocenters. The van der Waals surface area contributed by atoms with Crippen LogP contribution in [0.15, 0.2) is 54.6 Å². The Morgan fingerprint density at radius 2 is 1.52 bits per heavy atom. The molecular weight excluding hydrogens is 284 g/mol. The summed E-state index contributed by atoms with van der Waals surface area (Å²) in [4.78, 5) is 14.7. The van der Waals surface area contributed by atoms with Gasteiger partial charge in [-0.05, 0) is 42.7 Å². The Kier molecular flexibility index (Phi) is 5.30. The number of amides is 1. The molecule has 1 saturated heterocycles. The van der Waals surface area contributed by atoms with Crippen molar-refractivity contribution in [1.82, 2.24) is 5.32 Å². The molecule has 3 rings (SSSR count). The molecule has 0 aromatic heterocycles. The number of nitrogens with one attached hydrogen (secondary N) is 1. The van der Waals surface area contributed by atoms with E-state index < -0.39 is 0 Å². The molecule has 1 aliphatic heterocycles. The number of anilines is 1. The Bertz CT molecular complexity index is 614. The molecule has 0 radical (unpaired) electrons. The van der Waals surface area contributed by atoms with E-state index >= 15 is 0 Å². The molecule has 1 heterocycles. The van der Waals surface area contributed by atoms with Crippen molar-refractivity contribution in [2.24, 2.45) is 0 Å². The molecule has 0 spiro atoms. The van der Waals surface area contributed by atoms with E-state index in [1.807, 2.05) is 42.5 Å². The normalized spacial score (nSPS) is 15.0. The van der Waals surface area contributed by atoms with Crippen LogP contribution in [0.4, 0.5) is 5.69 Å². The number of carbonyl (C=O) groups is 1. The first kappa shape index (κ1) is 15.6. The molecule has 1 aliphatic rings. The first-order chi connectivity index (χ1) is 11.3. The second-order valence-corrected chi connectivity index (χ2v) is 6.12. The molecule has 3 nitrogen and oxygen atoms in total. The van der Waals surface area contributed by atoms with Gasteiger partial charge in [-0.3, -0.25) is 4.79 Å². The number of hydrogen-bond donors (Lipinski definition) is 1. The van der Waals surface area contributed by atoms with Crippen molar-refractivity contribution in [3.8, 4) is 0 Å². The van der Waals surface area contributed by atoms with E-state index in [0.717, 1.165) is 24.2 Å². The van der Waals surface area contributed by atoms with Crippen LogP contribution >= 0.6 is 0 Å². The van der Waals surface area contributed by atoms with Gasteiger partial charge in [-0.2, -0.15) is 0 Å². The van der Waals surface area contributed by atoms with Gasteiger partial charge in [0.15, 0.2) is 0 Å². The Balaban J connectivity index is 1.58. The van der Waals surface area contributed by atoms with Crippen LogP contribution in [-0.4, -0.2) is 19.0 Å². The molecule has 1 fully saturated rings. The minimum Gasteiger partial charge on any atom is -0.372 e. The largest absolute Gasteiger partial charge is 0.372 e. The highest BCUT2D eigenvalue weighted by Crippen LogP contribution is 2.20. The lowest BCUT2D eigenvalue weighted by atomic mass is 10.1. The average Bonchev–Trinajstić information content (AvgIpc) is 2.90. The average molecular weight is 308 g/mol. The third kappa shape index (κ3) is 4.35. The zero-order valence-electron chi connectivity index (χ0n) is 13.5. The molecule has 1 amide bonds. The highest BCUT2D eigenvalue weighted by atomic mass is 16.1. The highest BCUT2D eigenvalue weighted by Gasteiger charge is 2.11. The van der Waals surface area contributed by atoms with Gasteiger partial charge in [0.05, 0.1) is 0 Å². The van der Waals surface area contributed by atoms with Crippen LogP contribution < -0.4 is 10.2 Å². The van der Waals surface area contributed by atoms with E-state index in [9.17, 15) is 4.79 Å². The van der Waals surface area contributed by atoms with E-state index in [0.29, 0.717) is 6.54 Å². The van der Waals surface area contributed by atoms with Crippen molar-refractivity contribution in [3.63, 3.8) is 0 Å². The van der Waals surface area contributed by atoms with Crippen LogP contribution in [0, 0.1) is 0 Å². The summed E-state index contributed by atoms with van der Waals surface area (Å²) in [7, 11) is 0. The molecule has 1 N–H and O–H groups in total. The second kappa shape index (κ2) is 7.82. The van der Waals surface area contributed by atoms with Crippen molar-refractivity contribution in [3.05, 3.63) is 65.7 Å². The Morgan fingerprint density at radius 1 is 0.870 bits per heavy atom. The third-order valence-electron chi connectivity index (χ3n) is 4.40. The van der Waals surface area contributed by atoms with Crippen molar-refractivity contribution in [2.45, 2.75) is 32.2 Å². The summed E-state index contributed by atoms with van der Waals surface area (Å²) >= 11 is 0. The van der Waals surface area contributed by atoms with E-state index in [4.69, 9.17) is 0 Å². The van der Waals surface area contributed by atoms with Gasteiger partial charge in [0.2, 0.25) is 0 Å². The zero-order valence-corrected chi connectivity index (χ0v) is 13.5. The van der Waals surface area contributed by atoms with Crippen molar-refractivity contribution < 1.29 is 4.79 Å². The standard InChI is InChI=1S/C20H24N2O/c23-20(21-16-17-8-4-3-5-9-17)18-10-12-19(13-11-18)22-14-6-1-2-7-15-22/h3-5,8-13H,1-2,6-7,14-16H2,(H,21,23). The maximum absolute atomic E-state index is 12.2. The van der Waals surface area contributed by atoms with Gasteiger partial charge in [0.25, 0.3) is 5.91 Å². The minimum absolute atomic E-state index is 0.0173. The smallest absolute Gasteiger partial charge is 0.251 e. The molecule has 0 atom stereocenters. The van der Waals surface area contributed by atoms with Gasteiger partial charge >= 0.3 is 0 Å². The summed E-state index contributed by atoms with van der Waals surface area (Å²) in [5.41, 5.74) is 3.06. The maximum Gasteiger partial charge on any atom is 0.251 e. The van der Waals surface area contributed by atoms with E-state index in [1.54, 1.807) is 0 Å². The lowest BCUT2D eigenvalue weighted by molar-refractivity contribution is 0.0951. The predicted octanol–water partition coefficient (Wildman–Crippen LogP) is 4.00. The number of benzene rings is 2. The van der Waals surface area contributed by atoms with Crippen molar-refractivity contribution in [1.29, 1.82) is 0 Å². The van der Waals surface area contributed by atoms with Gasteiger partial charge in [-0.1, -0.05) is 43.2 Å². The number of rotatable bonds is 4. The van der Waals surface area contributed by atoms with Gasteiger partial charge in [0, 0.05) is 30.9 Å². The summed E-state index contributed by atoms with van der Waals surface area (Å²) in [5, 5.41) is 2.97. The fourth-order valence-corrected chi connectivity index (χ4v) is 3.03. The molecule has 120 valence electrons. The van der Waals surface area contributed by atoms with Crippen LogP contribution in [0.1, 0.15) is 41.6 Å². The Morgan fingerprint density at radius 3 is 2.17 bits per heavy atom. The van der Waals surface area contributed by atoms with E-state index in [2.05, 4.69) is 22.3 Å². The minimum atomic E-state index is -0.0173. The Labute approximate surface area is 138 Å². The van der Waals surface area contributed by atoms with Gasteiger partial charge in [0.1, 0.15) is 0 Å². The van der Waals surface area contributed by atoms with Crippen LogP contribution in [0.5, 0.6) is 0 Å². The highest BCUT2D eigenvalue weighted by molar-refractivity contribution is 5.94. The molecule has 0 saturated carbocycles. The van der Waals surface area contributed by atoms with Crippen LogP contribution in [0.25, 0.3) is 0 Å². The quantitative estimate of drug-likeness (QED) is 0.926. The number of nitrogens with zero attached hydrogens (tertiary/aromatic N) is 1. The first-order valence-electron chi connectivity index (χ1n) is 8.50. The molecule has 3 heteroatoms. The monoisotopic (exact) mass is 308 g/mol. The Hall–Kier alpha value is -2.29. The van der Waals surface area contributed by atoms with Crippen molar-refractivity contribution in [2.75, 3.05) is 18.0 Å². The van der Waals surface area contributed by atoms with Gasteiger partial charge < -0.3 is 10.2 Å². The zero-order chi connectivity index (χ0) is 15.9. The third-order valence-corrected chi connectivity index (χ3v) is 4.40. The summed E-state index contributed by atoms with van der Waals surface area (Å²) in [5.74, 6) is -0.0173. The van der Waals surface area contributed by atoms with Crippen molar-refractivity contribution >= 4 is 11.6 Å². The molecule has 0 bridgehead atoms. The summed E-state index contributed by atoms with van der Waals surface area (Å²) in [6.45, 7) is 2.81. The topological polar surface area (TPSA) is 32.3 Å². The molecule has 2 aromatic rings. The SMILES string of the molecule is O=C(NCc1ccccc1)c1ccc(N2CCCCCC2)cc1. The first-order valence-corrected chi connectivity index (χ1v) is 8.50. The second-order valence-electron chi connectivity index (χ2n) is 6.12. The summed E-state index contributed by atoms with van der Waals surface area (Å²) < 4.78 is 0.